The molecule has 1 atom stereocenters. The topological polar surface area (TPSA) is 20.3 Å². The number of nitrogens with zero attached hydrogens (tertiary/aromatic N) is 1. The molecule has 0 rings (SSSR count). The lowest BCUT2D eigenvalue weighted by Gasteiger charge is -2.16. The number of carbonyl (C=O) groups excluding carboxylic acids is 1. The Morgan fingerprint density at radius 1 is 0.941 bits per heavy atom. The third-order valence-corrected chi connectivity index (χ3v) is 3.35. The lowest BCUT2D eigenvalue weighted by atomic mass is 10.0. The van der Waals surface area contributed by atoms with Gasteiger partial charge in [0.05, 0.1) is 0 Å². The highest BCUT2D eigenvalue weighted by Gasteiger charge is 2.13. The molecule has 17 heavy (non-hydrogen) atoms. The lowest BCUT2D eigenvalue weighted by molar-refractivity contribution is -0.132. The van der Waals surface area contributed by atoms with Gasteiger partial charge >= 0.3 is 0 Å². The van der Waals surface area contributed by atoms with Crippen LogP contribution in [-0.4, -0.2) is 24.9 Å². The minimum absolute atomic E-state index is 0.199. The summed E-state index contributed by atoms with van der Waals surface area (Å²) in [7, 11) is 3.68. The number of rotatable bonds is 10. The van der Waals surface area contributed by atoms with Crippen molar-refractivity contribution in [1.82, 2.24) is 4.90 Å². The van der Waals surface area contributed by atoms with Crippen molar-refractivity contribution >= 4 is 5.91 Å². The molecule has 0 radical (unpaired) electrons. The normalized spacial score (nSPS) is 12.5. The second-order valence-corrected chi connectivity index (χ2v) is 5.40. The van der Waals surface area contributed by atoms with Crippen molar-refractivity contribution in [2.75, 3.05) is 14.1 Å². The van der Waals surface area contributed by atoms with Gasteiger partial charge in [-0.2, -0.15) is 0 Å². The molecule has 0 N–H and O–H groups in total. The van der Waals surface area contributed by atoms with Crippen LogP contribution in [0.3, 0.4) is 0 Å². The summed E-state index contributed by atoms with van der Waals surface area (Å²) in [6.07, 6.45) is 11.7. The molecule has 0 aromatic heterocycles. The van der Waals surface area contributed by atoms with E-state index in [2.05, 4.69) is 6.92 Å². The molecule has 0 heterocycles. The first kappa shape index (κ1) is 16.5. The fraction of sp³-hybridized carbons (Fsp3) is 0.933. The Labute approximate surface area is 108 Å². The third-order valence-electron chi connectivity index (χ3n) is 3.35. The molecule has 0 spiro atoms. The van der Waals surface area contributed by atoms with Crippen LogP contribution in [0.25, 0.3) is 0 Å². The van der Waals surface area contributed by atoms with Crippen LogP contribution in [0.1, 0.15) is 71.6 Å². The quantitative estimate of drug-likeness (QED) is 0.524. The molecule has 0 aromatic rings. The van der Waals surface area contributed by atoms with Gasteiger partial charge in [0, 0.05) is 20.0 Å². The van der Waals surface area contributed by atoms with Crippen molar-refractivity contribution in [3.05, 3.63) is 0 Å². The smallest absolute Gasteiger partial charge is 0.224 e. The van der Waals surface area contributed by atoms with E-state index in [0.717, 1.165) is 6.42 Å². The molecular weight excluding hydrogens is 210 g/mol. The average Bonchev–Trinajstić information content (AvgIpc) is 2.31. The van der Waals surface area contributed by atoms with Gasteiger partial charge in [0.25, 0.3) is 0 Å². The van der Waals surface area contributed by atoms with Gasteiger partial charge in [-0.15, -0.1) is 0 Å². The summed E-state index contributed by atoms with van der Waals surface area (Å²) in [5, 5.41) is 0. The lowest BCUT2D eigenvalue weighted by Crippen LogP contribution is -2.27. The first-order valence-electron chi connectivity index (χ1n) is 7.30. The van der Waals surface area contributed by atoms with Crippen LogP contribution in [0.4, 0.5) is 0 Å². The van der Waals surface area contributed by atoms with Gasteiger partial charge < -0.3 is 4.90 Å². The van der Waals surface area contributed by atoms with Crippen LogP contribution in [0.5, 0.6) is 0 Å². The van der Waals surface area contributed by atoms with E-state index < -0.39 is 0 Å². The van der Waals surface area contributed by atoms with E-state index >= 15 is 0 Å². The van der Waals surface area contributed by atoms with Crippen molar-refractivity contribution in [1.29, 1.82) is 0 Å². The second-order valence-electron chi connectivity index (χ2n) is 5.40. The predicted octanol–water partition coefficient (Wildman–Crippen LogP) is 4.24. The van der Waals surface area contributed by atoms with Gasteiger partial charge in [-0.1, -0.05) is 65.2 Å². The van der Waals surface area contributed by atoms with E-state index in [1.165, 1.54) is 51.4 Å². The molecule has 0 aromatic carbocycles. The number of hydrogen-bond acceptors (Lipinski definition) is 1. The maximum Gasteiger partial charge on any atom is 0.224 e. The zero-order chi connectivity index (χ0) is 13.1. The van der Waals surface area contributed by atoms with Gasteiger partial charge in [0.15, 0.2) is 0 Å². The second kappa shape index (κ2) is 10.6. The summed E-state index contributed by atoms with van der Waals surface area (Å²) >= 11 is 0. The molecule has 0 saturated carbocycles. The Balaban J connectivity index is 3.30. The zero-order valence-corrected chi connectivity index (χ0v) is 12.3. The molecule has 1 unspecified atom stereocenters. The highest BCUT2D eigenvalue weighted by Crippen LogP contribution is 2.14. The average molecular weight is 241 g/mol. The molecule has 0 aliphatic rings. The van der Waals surface area contributed by atoms with Crippen LogP contribution in [-0.2, 0) is 4.79 Å². The Bertz CT molecular complexity index is 189. The number of amides is 1. The van der Waals surface area contributed by atoms with Gasteiger partial charge in [0.2, 0.25) is 5.91 Å². The fourth-order valence-electron chi connectivity index (χ4n) is 2.15. The third kappa shape index (κ3) is 9.20. The van der Waals surface area contributed by atoms with Crippen molar-refractivity contribution in [2.24, 2.45) is 5.92 Å². The molecule has 0 saturated heterocycles. The molecule has 0 aliphatic carbocycles. The zero-order valence-electron chi connectivity index (χ0n) is 12.3. The molecule has 2 heteroatoms. The molecule has 0 fully saturated rings. The SMILES string of the molecule is CCCCCCCCCCC(C)C(=O)N(C)C. The maximum absolute atomic E-state index is 11.6. The number of carbonyl (C=O) groups is 1. The standard InChI is InChI=1S/C15H31NO/c1-5-6-7-8-9-10-11-12-13-14(2)15(17)16(3)4/h14H,5-13H2,1-4H3. The van der Waals surface area contributed by atoms with E-state index in [9.17, 15) is 4.79 Å². The van der Waals surface area contributed by atoms with E-state index in [0.29, 0.717) is 0 Å². The molecule has 2 nitrogen and oxygen atoms in total. The van der Waals surface area contributed by atoms with Crippen LogP contribution in [0.15, 0.2) is 0 Å². The van der Waals surface area contributed by atoms with Crippen molar-refractivity contribution in [2.45, 2.75) is 71.6 Å². The van der Waals surface area contributed by atoms with Crippen LogP contribution in [0, 0.1) is 5.92 Å². The first-order valence-corrected chi connectivity index (χ1v) is 7.30. The summed E-state index contributed by atoms with van der Waals surface area (Å²) < 4.78 is 0. The highest BCUT2D eigenvalue weighted by molar-refractivity contribution is 5.77. The Morgan fingerprint density at radius 3 is 1.88 bits per heavy atom. The molecule has 0 bridgehead atoms. The van der Waals surface area contributed by atoms with Crippen LogP contribution >= 0.6 is 0 Å². The van der Waals surface area contributed by atoms with Crippen molar-refractivity contribution in [3.8, 4) is 0 Å². The summed E-state index contributed by atoms with van der Waals surface area (Å²) in [5.74, 6) is 0.470. The minimum atomic E-state index is 0.199. The Morgan fingerprint density at radius 2 is 1.41 bits per heavy atom. The van der Waals surface area contributed by atoms with Gasteiger partial charge in [-0.3, -0.25) is 4.79 Å². The fourth-order valence-corrected chi connectivity index (χ4v) is 2.15. The summed E-state index contributed by atoms with van der Waals surface area (Å²) in [6.45, 7) is 4.30. The predicted molar refractivity (Wildman–Crippen MR) is 75.1 cm³/mol. The van der Waals surface area contributed by atoms with E-state index in [4.69, 9.17) is 0 Å². The molecule has 0 aliphatic heterocycles. The Kier molecular flexibility index (Phi) is 10.3. The van der Waals surface area contributed by atoms with Gasteiger partial charge in [-0.25, -0.2) is 0 Å². The van der Waals surface area contributed by atoms with Gasteiger partial charge in [-0.05, 0) is 6.42 Å². The maximum atomic E-state index is 11.6. The van der Waals surface area contributed by atoms with E-state index in [-0.39, 0.29) is 11.8 Å². The van der Waals surface area contributed by atoms with Crippen LogP contribution in [0.2, 0.25) is 0 Å². The van der Waals surface area contributed by atoms with E-state index in [1.807, 2.05) is 21.0 Å². The van der Waals surface area contributed by atoms with Crippen LogP contribution < -0.4 is 0 Å². The van der Waals surface area contributed by atoms with Crippen molar-refractivity contribution < 1.29 is 4.79 Å². The van der Waals surface area contributed by atoms with Gasteiger partial charge in [0.1, 0.15) is 0 Å². The summed E-state index contributed by atoms with van der Waals surface area (Å²) in [5.41, 5.74) is 0. The number of hydrogen-bond donors (Lipinski definition) is 0. The highest BCUT2D eigenvalue weighted by atomic mass is 16.2. The largest absolute Gasteiger partial charge is 0.349 e. The molecular formula is C15H31NO. The summed E-state index contributed by atoms with van der Waals surface area (Å²) in [4.78, 5) is 13.3. The summed E-state index contributed by atoms with van der Waals surface area (Å²) in [6, 6.07) is 0. The van der Waals surface area contributed by atoms with Crippen molar-refractivity contribution in [3.63, 3.8) is 0 Å². The number of unbranched alkanes of at least 4 members (excludes halogenated alkanes) is 7. The molecule has 1 amide bonds. The first-order chi connectivity index (χ1) is 8.09. The molecule has 102 valence electrons. The Hall–Kier alpha value is -0.530. The monoisotopic (exact) mass is 241 g/mol. The van der Waals surface area contributed by atoms with E-state index in [1.54, 1.807) is 4.90 Å². The minimum Gasteiger partial charge on any atom is -0.349 e.